The number of rotatable bonds is 4. The summed E-state index contributed by atoms with van der Waals surface area (Å²) in [5.74, 6) is 0. The molecule has 0 radical (unpaired) electrons. The minimum atomic E-state index is 0.0951. The van der Waals surface area contributed by atoms with E-state index < -0.39 is 0 Å². The highest BCUT2D eigenvalue weighted by Crippen LogP contribution is 2.19. The first kappa shape index (κ1) is 15.3. The van der Waals surface area contributed by atoms with Crippen molar-refractivity contribution in [1.82, 2.24) is 10.2 Å². The molecular weight excluding hydrogens is 276 g/mol. The van der Waals surface area contributed by atoms with Crippen molar-refractivity contribution in [2.45, 2.75) is 57.3 Å². The molecule has 1 atom stereocenters. The van der Waals surface area contributed by atoms with Crippen molar-refractivity contribution in [2.24, 2.45) is 0 Å². The Morgan fingerprint density at radius 3 is 2.68 bits per heavy atom. The fourth-order valence-electron chi connectivity index (χ4n) is 3.35. The van der Waals surface area contributed by atoms with Crippen LogP contribution in [0.25, 0.3) is 0 Å². The predicted octanol–water partition coefficient (Wildman–Crippen LogP) is 3.32. The zero-order valence-corrected chi connectivity index (χ0v) is 13.2. The van der Waals surface area contributed by atoms with Gasteiger partial charge in [0.2, 0.25) is 0 Å². The maximum atomic E-state index is 12.3. The lowest BCUT2D eigenvalue weighted by atomic mass is 9.96. The molecule has 3 rings (SSSR count). The highest BCUT2D eigenvalue weighted by Gasteiger charge is 2.28. The van der Waals surface area contributed by atoms with Gasteiger partial charge in [-0.2, -0.15) is 0 Å². The van der Waals surface area contributed by atoms with Crippen LogP contribution in [-0.2, 0) is 11.3 Å². The molecule has 1 heterocycles. The van der Waals surface area contributed by atoms with E-state index >= 15 is 0 Å². The second-order valence-corrected chi connectivity index (χ2v) is 6.44. The van der Waals surface area contributed by atoms with Crippen molar-refractivity contribution in [1.29, 1.82) is 0 Å². The lowest BCUT2D eigenvalue weighted by molar-refractivity contribution is 0.0485. The van der Waals surface area contributed by atoms with Crippen LogP contribution in [0, 0.1) is 0 Å². The molecule has 2 fully saturated rings. The van der Waals surface area contributed by atoms with Crippen molar-refractivity contribution in [3.8, 4) is 0 Å². The summed E-state index contributed by atoms with van der Waals surface area (Å²) in [6.45, 7) is 2.15. The molecule has 0 aromatic heterocycles. The molecular formula is C18H26N2O2. The van der Waals surface area contributed by atoms with Gasteiger partial charge in [-0.25, -0.2) is 4.79 Å². The number of amides is 2. The second kappa shape index (κ2) is 7.63. The molecule has 1 aromatic carbocycles. The number of ether oxygens (including phenoxy) is 1. The standard InChI is InChI=1S/C18H26N2O2/c21-18(19-16-9-5-2-6-10-16)20-12-11-17(13-20)22-14-15-7-3-1-4-8-15/h1,3-4,7-8,16-17H,2,5-6,9-14H2,(H,19,21). The summed E-state index contributed by atoms with van der Waals surface area (Å²) in [5.41, 5.74) is 1.19. The molecule has 2 aliphatic rings. The maximum Gasteiger partial charge on any atom is 0.317 e. The van der Waals surface area contributed by atoms with Crippen LogP contribution in [0.1, 0.15) is 44.1 Å². The smallest absolute Gasteiger partial charge is 0.317 e. The van der Waals surface area contributed by atoms with Gasteiger partial charge in [0.15, 0.2) is 0 Å². The summed E-state index contributed by atoms with van der Waals surface area (Å²) < 4.78 is 5.94. The summed E-state index contributed by atoms with van der Waals surface area (Å²) in [4.78, 5) is 14.2. The highest BCUT2D eigenvalue weighted by molar-refractivity contribution is 5.74. The summed E-state index contributed by atoms with van der Waals surface area (Å²) in [7, 11) is 0. The maximum absolute atomic E-state index is 12.3. The van der Waals surface area contributed by atoms with Crippen LogP contribution in [-0.4, -0.2) is 36.2 Å². The van der Waals surface area contributed by atoms with Gasteiger partial charge in [0, 0.05) is 19.1 Å². The monoisotopic (exact) mass is 302 g/mol. The molecule has 1 aliphatic heterocycles. The zero-order valence-electron chi connectivity index (χ0n) is 13.2. The molecule has 1 N–H and O–H groups in total. The van der Waals surface area contributed by atoms with Crippen molar-refractivity contribution >= 4 is 6.03 Å². The Kier molecular flexibility index (Phi) is 5.33. The molecule has 4 nitrogen and oxygen atoms in total. The first-order valence-corrected chi connectivity index (χ1v) is 8.52. The largest absolute Gasteiger partial charge is 0.372 e. The number of carbonyl (C=O) groups is 1. The third kappa shape index (κ3) is 4.23. The summed E-state index contributed by atoms with van der Waals surface area (Å²) in [6.07, 6.45) is 7.16. The molecule has 120 valence electrons. The normalized spacial score (nSPS) is 22.7. The van der Waals surface area contributed by atoms with E-state index in [4.69, 9.17) is 4.74 Å². The van der Waals surface area contributed by atoms with E-state index in [1.165, 1.54) is 24.8 Å². The van der Waals surface area contributed by atoms with Crippen molar-refractivity contribution in [3.05, 3.63) is 35.9 Å². The Balaban J connectivity index is 1.40. The minimum Gasteiger partial charge on any atom is -0.372 e. The number of nitrogens with zero attached hydrogens (tertiary/aromatic N) is 1. The molecule has 1 saturated carbocycles. The molecule has 2 amide bonds. The van der Waals surface area contributed by atoms with Crippen LogP contribution in [0.4, 0.5) is 4.79 Å². The van der Waals surface area contributed by atoms with Gasteiger partial charge in [0.25, 0.3) is 0 Å². The first-order chi connectivity index (χ1) is 10.8. The molecule has 22 heavy (non-hydrogen) atoms. The fraction of sp³-hybridized carbons (Fsp3) is 0.611. The van der Waals surface area contributed by atoms with Crippen LogP contribution in [0.5, 0.6) is 0 Å². The Bertz CT molecular complexity index is 471. The van der Waals surface area contributed by atoms with Crippen LogP contribution in [0.3, 0.4) is 0 Å². The Morgan fingerprint density at radius 2 is 1.91 bits per heavy atom. The van der Waals surface area contributed by atoms with Gasteiger partial charge in [-0.05, 0) is 24.8 Å². The Morgan fingerprint density at radius 1 is 1.14 bits per heavy atom. The van der Waals surface area contributed by atoms with E-state index in [1.54, 1.807) is 0 Å². The number of hydrogen-bond donors (Lipinski definition) is 1. The highest BCUT2D eigenvalue weighted by atomic mass is 16.5. The average molecular weight is 302 g/mol. The third-order valence-corrected chi connectivity index (χ3v) is 4.69. The van der Waals surface area contributed by atoms with Crippen molar-refractivity contribution < 1.29 is 9.53 Å². The second-order valence-electron chi connectivity index (χ2n) is 6.44. The van der Waals surface area contributed by atoms with Gasteiger partial charge < -0.3 is 15.0 Å². The van der Waals surface area contributed by atoms with Gasteiger partial charge in [-0.1, -0.05) is 49.6 Å². The average Bonchev–Trinajstić information content (AvgIpc) is 3.04. The molecule has 1 aromatic rings. The molecule has 0 bridgehead atoms. The number of carbonyl (C=O) groups excluding carboxylic acids is 1. The van der Waals surface area contributed by atoms with E-state index in [0.717, 1.165) is 25.8 Å². The zero-order chi connectivity index (χ0) is 15.2. The summed E-state index contributed by atoms with van der Waals surface area (Å²) in [5, 5.41) is 3.19. The molecule has 4 heteroatoms. The quantitative estimate of drug-likeness (QED) is 0.927. The SMILES string of the molecule is O=C(NC1CCCCC1)N1CCC(OCc2ccccc2)C1. The van der Waals surface area contributed by atoms with Crippen LogP contribution < -0.4 is 5.32 Å². The van der Waals surface area contributed by atoms with Gasteiger partial charge in [0.05, 0.1) is 12.7 Å². The van der Waals surface area contributed by atoms with E-state index in [-0.39, 0.29) is 12.1 Å². The molecule has 1 unspecified atom stereocenters. The van der Waals surface area contributed by atoms with E-state index in [2.05, 4.69) is 17.4 Å². The number of nitrogens with one attached hydrogen (secondary N) is 1. The van der Waals surface area contributed by atoms with Gasteiger partial charge >= 0.3 is 6.03 Å². The topological polar surface area (TPSA) is 41.6 Å². The van der Waals surface area contributed by atoms with Crippen LogP contribution >= 0.6 is 0 Å². The third-order valence-electron chi connectivity index (χ3n) is 4.69. The first-order valence-electron chi connectivity index (χ1n) is 8.52. The predicted molar refractivity (Wildman–Crippen MR) is 86.6 cm³/mol. The molecule has 1 saturated heterocycles. The number of likely N-dealkylation sites (tertiary alicyclic amines) is 1. The van der Waals surface area contributed by atoms with E-state index in [0.29, 0.717) is 19.2 Å². The lowest BCUT2D eigenvalue weighted by Gasteiger charge is -2.26. The Hall–Kier alpha value is -1.55. The molecule has 0 spiro atoms. The number of hydrogen-bond acceptors (Lipinski definition) is 2. The van der Waals surface area contributed by atoms with Crippen LogP contribution in [0.2, 0.25) is 0 Å². The summed E-state index contributed by atoms with van der Waals surface area (Å²) in [6, 6.07) is 10.7. The fourth-order valence-corrected chi connectivity index (χ4v) is 3.35. The molecule has 1 aliphatic carbocycles. The van der Waals surface area contributed by atoms with E-state index in [9.17, 15) is 4.79 Å². The number of urea groups is 1. The number of benzene rings is 1. The summed E-state index contributed by atoms with van der Waals surface area (Å²) >= 11 is 0. The van der Waals surface area contributed by atoms with Crippen LogP contribution in [0.15, 0.2) is 30.3 Å². The van der Waals surface area contributed by atoms with Gasteiger partial charge in [-0.15, -0.1) is 0 Å². The Labute approximate surface area is 132 Å². The van der Waals surface area contributed by atoms with Gasteiger partial charge in [-0.3, -0.25) is 0 Å². The van der Waals surface area contributed by atoms with Gasteiger partial charge in [0.1, 0.15) is 0 Å². The van der Waals surface area contributed by atoms with Crippen molar-refractivity contribution in [3.63, 3.8) is 0 Å². The lowest BCUT2D eigenvalue weighted by Crippen LogP contribution is -2.44. The van der Waals surface area contributed by atoms with E-state index in [1.807, 2.05) is 23.1 Å². The minimum absolute atomic E-state index is 0.0951. The van der Waals surface area contributed by atoms with Crippen molar-refractivity contribution in [2.75, 3.05) is 13.1 Å².